The van der Waals surface area contributed by atoms with E-state index in [9.17, 15) is 4.79 Å². The smallest absolute Gasteiger partial charge is 0.250 e. The lowest BCUT2D eigenvalue weighted by molar-refractivity contribution is 0.1000. The number of carbonyl (C=O) groups excluding carboxylic acids is 1. The van der Waals surface area contributed by atoms with Gasteiger partial charge in [0.25, 0.3) is 0 Å². The van der Waals surface area contributed by atoms with Gasteiger partial charge < -0.3 is 10.5 Å². The zero-order valence-corrected chi connectivity index (χ0v) is 9.64. The summed E-state index contributed by atoms with van der Waals surface area (Å²) in [6.45, 7) is 0.528. The quantitative estimate of drug-likeness (QED) is 0.859. The van der Waals surface area contributed by atoms with Crippen molar-refractivity contribution >= 4 is 33.4 Å². The van der Waals surface area contributed by atoms with Gasteiger partial charge in [0.1, 0.15) is 5.75 Å². The van der Waals surface area contributed by atoms with Crippen LogP contribution < -0.4 is 10.5 Å². The molecule has 1 aromatic carbocycles. The maximum Gasteiger partial charge on any atom is 0.250 e. The SMILES string of the molecule is NC(=O)c1cc(OCCBr)ccc1Cl. The van der Waals surface area contributed by atoms with Crippen LogP contribution in [0.25, 0.3) is 0 Å². The number of halogens is 2. The molecular formula is C9H9BrClNO2. The highest BCUT2D eigenvalue weighted by Crippen LogP contribution is 2.21. The second kappa shape index (κ2) is 5.22. The molecule has 1 rings (SSSR count). The van der Waals surface area contributed by atoms with Crippen molar-refractivity contribution in [3.05, 3.63) is 28.8 Å². The molecule has 0 saturated carbocycles. The first-order valence-electron chi connectivity index (χ1n) is 3.93. The molecule has 0 radical (unpaired) electrons. The van der Waals surface area contributed by atoms with Gasteiger partial charge in [0.2, 0.25) is 5.91 Å². The highest BCUT2D eigenvalue weighted by Gasteiger charge is 2.07. The number of benzene rings is 1. The number of nitrogens with two attached hydrogens (primary N) is 1. The largest absolute Gasteiger partial charge is 0.493 e. The molecule has 14 heavy (non-hydrogen) atoms. The topological polar surface area (TPSA) is 52.3 Å². The molecule has 3 nitrogen and oxygen atoms in total. The van der Waals surface area contributed by atoms with Gasteiger partial charge in [0.15, 0.2) is 0 Å². The highest BCUT2D eigenvalue weighted by molar-refractivity contribution is 9.09. The van der Waals surface area contributed by atoms with Crippen LogP contribution in [0, 0.1) is 0 Å². The van der Waals surface area contributed by atoms with Gasteiger partial charge in [-0.2, -0.15) is 0 Å². The van der Waals surface area contributed by atoms with E-state index in [0.717, 1.165) is 5.33 Å². The minimum atomic E-state index is -0.556. The fourth-order valence-electron chi connectivity index (χ4n) is 0.939. The molecule has 0 aliphatic heterocycles. The lowest BCUT2D eigenvalue weighted by atomic mass is 10.2. The Labute approximate surface area is 95.3 Å². The van der Waals surface area contributed by atoms with E-state index in [0.29, 0.717) is 17.4 Å². The summed E-state index contributed by atoms with van der Waals surface area (Å²) in [5.74, 6) is 0.0296. The molecule has 0 saturated heterocycles. The Morgan fingerprint density at radius 2 is 2.29 bits per heavy atom. The summed E-state index contributed by atoms with van der Waals surface area (Å²) >= 11 is 8.99. The number of hydrogen-bond acceptors (Lipinski definition) is 2. The number of amides is 1. The van der Waals surface area contributed by atoms with Gasteiger partial charge in [-0.05, 0) is 18.2 Å². The van der Waals surface area contributed by atoms with Crippen LogP contribution in [0.4, 0.5) is 0 Å². The summed E-state index contributed by atoms with van der Waals surface area (Å²) in [6, 6.07) is 4.82. The van der Waals surface area contributed by atoms with Gasteiger partial charge in [0, 0.05) is 5.33 Å². The van der Waals surface area contributed by atoms with Gasteiger partial charge in [-0.15, -0.1) is 0 Å². The van der Waals surface area contributed by atoms with Gasteiger partial charge in [-0.25, -0.2) is 0 Å². The van der Waals surface area contributed by atoms with Crippen molar-refractivity contribution in [2.24, 2.45) is 5.73 Å². The summed E-state index contributed by atoms with van der Waals surface area (Å²) in [7, 11) is 0. The number of primary amides is 1. The molecule has 0 aromatic heterocycles. The van der Waals surface area contributed by atoms with Crippen molar-refractivity contribution in [1.29, 1.82) is 0 Å². The van der Waals surface area contributed by atoms with E-state index >= 15 is 0 Å². The third-order valence-electron chi connectivity index (χ3n) is 1.55. The first kappa shape index (κ1) is 11.3. The van der Waals surface area contributed by atoms with Crippen LogP contribution in [0.15, 0.2) is 18.2 Å². The van der Waals surface area contributed by atoms with Crippen molar-refractivity contribution < 1.29 is 9.53 Å². The molecule has 0 heterocycles. The van der Waals surface area contributed by atoms with Crippen LogP contribution >= 0.6 is 27.5 Å². The van der Waals surface area contributed by atoms with Gasteiger partial charge in [-0.3, -0.25) is 4.79 Å². The third-order valence-corrected chi connectivity index (χ3v) is 2.20. The Balaban J connectivity index is 2.89. The molecule has 5 heteroatoms. The van der Waals surface area contributed by atoms with E-state index in [4.69, 9.17) is 22.1 Å². The normalized spacial score (nSPS) is 9.86. The van der Waals surface area contributed by atoms with Crippen molar-refractivity contribution in [3.63, 3.8) is 0 Å². The summed E-state index contributed by atoms with van der Waals surface area (Å²) < 4.78 is 5.29. The molecule has 0 bridgehead atoms. The van der Waals surface area contributed by atoms with E-state index < -0.39 is 5.91 Å². The Bertz CT molecular complexity index is 344. The average Bonchev–Trinajstić information content (AvgIpc) is 2.16. The maximum absolute atomic E-state index is 10.9. The average molecular weight is 279 g/mol. The van der Waals surface area contributed by atoms with Crippen LogP contribution in [0.2, 0.25) is 5.02 Å². The fourth-order valence-corrected chi connectivity index (χ4v) is 1.31. The Kier molecular flexibility index (Phi) is 4.22. The Morgan fingerprint density at radius 3 is 2.86 bits per heavy atom. The first-order chi connectivity index (χ1) is 6.65. The standard InChI is InChI=1S/C9H9BrClNO2/c10-3-4-14-6-1-2-8(11)7(5-6)9(12)13/h1-2,5H,3-4H2,(H2,12,13). The first-order valence-corrected chi connectivity index (χ1v) is 5.43. The minimum absolute atomic E-state index is 0.277. The van der Waals surface area contributed by atoms with Gasteiger partial charge in [-0.1, -0.05) is 27.5 Å². The third kappa shape index (κ3) is 2.89. The number of alkyl halides is 1. The van der Waals surface area contributed by atoms with E-state index in [1.54, 1.807) is 12.1 Å². The van der Waals surface area contributed by atoms with Crippen molar-refractivity contribution in [3.8, 4) is 5.75 Å². The summed E-state index contributed by atoms with van der Waals surface area (Å²) in [5.41, 5.74) is 5.40. The second-order valence-electron chi connectivity index (χ2n) is 2.54. The molecule has 76 valence electrons. The molecule has 0 fully saturated rings. The van der Waals surface area contributed by atoms with Crippen molar-refractivity contribution in [2.75, 3.05) is 11.9 Å². The van der Waals surface area contributed by atoms with Crippen LogP contribution in [-0.4, -0.2) is 17.8 Å². The van der Waals surface area contributed by atoms with E-state index in [1.165, 1.54) is 6.07 Å². The number of ether oxygens (including phenoxy) is 1. The molecule has 0 unspecified atom stereocenters. The Hall–Kier alpha value is -0.740. The molecule has 1 aromatic rings. The molecule has 1 amide bonds. The summed E-state index contributed by atoms with van der Waals surface area (Å²) in [5, 5.41) is 1.06. The minimum Gasteiger partial charge on any atom is -0.493 e. The predicted molar refractivity (Wildman–Crippen MR) is 59.3 cm³/mol. The number of carbonyl (C=O) groups is 1. The van der Waals surface area contributed by atoms with Crippen molar-refractivity contribution in [1.82, 2.24) is 0 Å². The molecule has 0 spiro atoms. The monoisotopic (exact) mass is 277 g/mol. The maximum atomic E-state index is 10.9. The van der Waals surface area contributed by atoms with Crippen LogP contribution in [0.1, 0.15) is 10.4 Å². The zero-order valence-electron chi connectivity index (χ0n) is 7.30. The van der Waals surface area contributed by atoms with E-state index in [1.807, 2.05) is 0 Å². The van der Waals surface area contributed by atoms with Crippen LogP contribution in [0.5, 0.6) is 5.75 Å². The van der Waals surface area contributed by atoms with Gasteiger partial charge >= 0.3 is 0 Å². The second-order valence-corrected chi connectivity index (χ2v) is 3.74. The molecule has 0 atom stereocenters. The fraction of sp³-hybridized carbons (Fsp3) is 0.222. The lowest BCUT2D eigenvalue weighted by Crippen LogP contribution is -2.11. The van der Waals surface area contributed by atoms with E-state index in [-0.39, 0.29) is 5.56 Å². The summed E-state index contributed by atoms with van der Waals surface area (Å²) in [6.07, 6.45) is 0. The lowest BCUT2D eigenvalue weighted by Gasteiger charge is -2.06. The number of hydrogen-bond donors (Lipinski definition) is 1. The zero-order chi connectivity index (χ0) is 10.6. The van der Waals surface area contributed by atoms with Crippen LogP contribution in [0.3, 0.4) is 0 Å². The molecule has 0 aliphatic rings. The van der Waals surface area contributed by atoms with Gasteiger partial charge in [0.05, 0.1) is 17.2 Å². The molecule has 0 aliphatic carbocycles. The van der Waals surface area contributed by atoms with Crippen molar-refractivity contribution in [2.45, 2.75) is 0 Å². The van der Waals surface area contributed by atoms with E-state index in [2.05, 4.69) is 15.9 Å². The van der Waals surface area contributed by atoms with Crippen LogP contribution in [-0.2, 0) is 0 Å². The predicted octanol–water partition coefficient (Wildman–Crippen LogP) is 2.21. The Morgan fingerprint density at radius 1 is 1.57 bits per heavy atom. The highest BCUT2D eigenvalue weighted by atomic mass is 79.9. The molecular weight excluding hydrogens is 269 g/mol. The number of rotatable bonds is 4. The summed E-state index contributed by atoms with van der Waals surface area (Å²) in [4.78, 5) is 10.9. The molecule has 2 N–H and O–H groups in total.